The van der Waals surface area contributed by atoms with E-state index in [-0.39, 0.29) is 28.6 Å². The van der Waals surface area contributed by atoms with Crippen LogP contribution in [0.4, 0.5) is 0 Å². The van der Waals surface area contributed by atoms with E-state index in [1.54, 1.807) is 24.3 Å². The van der Waals surface area contributed by atoms with Gasteiger partial charge in [0.05, 0.1) is 27.7 Å². The Morgan fingerprint density at radius 1 is 1.03 bits per heavy atom. The quantitative estimate of drug-likeness (QED) is 0.689. The van der Waals surface area contributed by atoms with E-state index < -0.39 is 15.9 Å². The van der Waals surface area contributed by atoms with Crippen molar-refractivity contribution in [3.8, 4) is 11.3 Å². The maximum absolute atomic E-state index is 13.1. The molecule has 2 aromatic carbocycles. The Morgan fingerprint density at radius 3 is 2.31 bits per heavy atom. The van der Waals surface area contributed by atoms with Crippen molar-refractivity contribution in [2.75, 3.05) is 6.54 Å². The fraction of sp³-hybridized carbons (Fsp3) is 0.190. The molecule has 0 aliphatic carbocycles. The van der Waals surface area contributed by atoms with E-state index in [2.05, 4.69) is 0 Å². The number of sulfonamides is 1. The van der Waals surface area contributed by atoms with Crippen LogP contribution < -0.4 is 5.73 Å². The average Bonchev–Trinajstić information content (AvgIpc) is 3.00. The van der Waals surface area contributed by atoms with E-state index in [0.29, 0.717) is 17.9 Å². The molecule has 1 aromatic heterocycles. The van der Waals surface area contributed by atoms with Gasteiger partial charge in [-0.3, -0.25) is 4.79 Å². The third-order valence-corrected chi connectivity index (χ3v) is 7.39. The Balaban J connectivity index is 1.80. The van der Waals surface area contributed by atoms with Crippen LogP contribution in [-0.2, 0) is 23.1 Å². The van der Waals surface area contributed by atoms with Crippen LogP contribution >= 0.6 is 11.6 Å². The van der Waals surface area contributed by atoms with E-state index in [0.717, 1.165) is 11.1 Å². The van der Waals surface area contributed by atoms with Crippen molar-refractivity contribution in [2.45, 2.75) is 24.9 Å². The van der Waals surface area contributed by atoms with Crippen molar-refractivity contribution in [1.29, 1.82) is 0 Å². The largest absolute Gasteiger partial charge is 0.365 e. The van der Waals surface area contributed by atoms with Gasteiger partial charge in [-0.2, -0.15) is 4.31 Å². The van der Waals surface area contributed by atoms with Crippen LogP contribution in [0.5, 0.6) is 0 Å². The lowest BCUT2D eigenvalue weighted by molar-refractivity contribution is 0.0998. The van der Waals surface area contributed by atoms with Crippen molar-refractivity contribution < 1.29 is 13.2 Å². The number of halogens is 1. The molecule has 6 nitrogen and oxygen atoms in total. The third kappa shape index (κ3) is 3.35. The topological polar surface area (TPSA) is 85.4 Å². The van der Waals surface area contributed by atoms with E-state index in [9.17, 15) is 13.2 Å². The van der Waals surface area contributed by atoms with Crippen LogP contribution in [0, 0.1) is 6.92 Å². The van der Waals surface area contributed by atoms with Crippen molar-refractivity contribution in [3.63, 3.8) is 0 Å². The summed E-state index contributed by atoms with van der Waals surface area (Å²) in [6.07, 6.45) is 0. The first-order chi connectivity index (χ1) is 13.8. The van der Waals surface area contributed by atoms with Crippen LogP contribution in [-0.4, -0.2) is 29.7 Å². The molecular formula is C21H20ClN3O3S. The lowest BCUT2D eigenvalue weighted by Crippen LogP contribution is -2.39. The number of carbonyl (C=O) groups excluding carboxylic acids is 1. The molecule has 4 rings (SSSR count). The van der Waals surface area contributed by atoms with E-state index >= 15 is 0 Å². The molecule has 0 atom stereocenters. The Bertz CT molecular complexity index is 1190. The number of hydrogen-bond donors (Lipinski definition) is 1. The summed E-state index contributed by atoms with van der Waals surface area (Å²) in [5, 5.41) is 0.258. The lowest BCUT2D eigenvalue weighted by Gasteiger charge is -2.29. The smallest absolute Gasteiger partial charge is 0.252 e. The molecule has 29 heavy (non-hydrogen) atoms. The highest BCUT2D eigenvalue weighted by molar-refractivity contribution is 7.89. The molecule has 3 aromatic rings. The SMILES string of the molecule is Cc1ccc(S(=O)(=O)N2CCn3c(c(C(N)=O)c(Cl)c3-c3ccccc3)C2)cc1. The van der Waals surface area contributed by atoms with E-state index in [4.69, 9.17) is 17.3 Å². The Kier molecular flexibility index (Phi) is 4.98. The van der Waals surface area contributed by atoms with Gasteiger partial charge >= 0.3 is 0 Å². The zero-order chi connectivity index (χ0) is 20.8. The minimum Gasteiger partial charge on any atom is -0.365 e. The van der Waals surface area contributed by atoms with Crippen LogP contribution in [0.25, 0.3) is 11.3 Å². The van der Waals surface area contributed by atoms with Gasteiger partial charge in [0.25, 0.3) is 5.91 Å². The first kappa shape index (κ1) is 19.7. The molecule has 2 heterocycles. The van der Waals surface area contributed by atoms with Crippen LogP contribution in [0.1, 0.15) is 21.6 Å². The van der Waals surface area contributed by atoms with E-state index in [1.165, 1.54) is 4.31 Å². The van der Waals surface area contributed by atoms with Gasteiger partial charge in [-0.15, -0.1) is 0 Å². The van der Waals surface area contributed by atoms with Crippen molar-refractivity contribution in [2.24, 2.45) is 5.73 Å². The molecular weight excluding hydrogens is 410 g/mol. The first-order valence-electron chi connectivity index (χ1n) is 9.13. The van der Waals surface area contributed by atoms with E-state index in [1.807, 2.05) is 41.8 Å². The number of benzene rings is 2. The molecule has 1 aliphatic rings. The van der Waals surface area contributed by atoms with Gasteiger partial charge in [0, 0.05) is 18.8 Å². The molecule has 0 unspecified atom stereocenters. The summed E-state index contributed by atoms with van der Waals surface area (Å²) in [5.41, 5.74) is 8.81. The zero-order valence-electron chi connectivity index (χ0n) is 15.8. The first-order valence-corrected chi connectivity index (χ1v) is 11.0. The fourth-order valence-electron chi connectivity index (χ4n) is 3.70. The summed E-state index contributed by atoms with van der Waals surface area (Å²) in [5.74, 6) is -0.671. The standard InChI is InChI=1S/C21H20ClN3O3S/c1-14-7-9-16(10-8-14)29(27,28)24-11-12-25-17(13-24)18(21(23)26)19(22)20(25)15-5-3-2-4-6-15/h2-10H,11-13H2,1H3,(H2,23,26). The summed E-state index contributed by atoms with van der Waals surface area (Å²) in [4.78, 5) is 12.4. The molecule has 0 radical (unpaired) electrons. The highest BCUT2D eigenvalue weighted by Gasteiger charge is 2.34. The van der Waals surface area contributed by atoms with Gasteiger partial charge in [-0.1, -0.05) is 59.6 Å². The number of fused-ring (bicyclic) bond motifs is 1. The van der Waals surface area contributed by atoms with Gasteiger partial charge in [-0.05, 0) is 24.6 Å². The summed E-state index contributed by atoms with van der Waals surface area (Å²) >= 11 is 6.56. The van der Waals surface area contributed by atoms with Crippen molar-refractivity contribution in [3.05, 3.63) is 76.4 Å². The molecule has 1 amide bonds. The minimum absolute atomic E-state index is 0.0288. The van der Waals surface area contributed by atoms with Gasteiger partial charge in [0.2, 0.25) is 10.0 Å². The predicted molar refractivity (Wildman–Crippen MR) is 112 cm³/mol. The second kappa shape index (κ2) is 7.33. The minimum atomic E-state index is -3.71. The van der Waals surface area contributed by atoms with Gasteiger partial charge in [0.1, 0.15) is 0 Å². The van der Waals surface area contributed by atoms with Crippen LogP contribution in [0.3, 0.4) is 0 Å². The number of aryl methyl sites for hydroxylation is 1. The molecule has 0 bridgehead atoms. The fourth-order valence-corrected chi connectivity index (χ4v) is 5.50. The number of aromatic nitrogens is 1. The molecule has 0 fully saturated rings. The summed E-state index contributed by atoms with van der Waals surface area (Å²) in [7, 11) is -3.71. The lowest BCUT2D eigenvalue weighted by atomic mass is 10.1. The summed E-state index contributed by atoms with van der Waals surface area (Å²) in [6.45, 7) is 2.57. The number of amides is 1. The Morgan fingerprint density at radius 2 is 1.69 bits per heavy atom. The van der Waals surface area contributed by atoms with Gasteiger partial charge in [-0.25, -0.2) is 8.42 Å². The number of rotatable bonds is 4. The Labute approximate surface area is 174 Å². The molecule has 0 saturated heterocycles. The molecule has 8 heteroatoms. The second-order valence-corrected chi connectivity index (χ2v) is 9.33. The van der Waals surface area contributed by atoms with Crippen LogP contribution in [0.2, 0.25) is 5.02 Å². The second-order valence-electron chi connectivity index (χ2n) is 7.02. The number of nitrogens with zero attached hydrogens (tertiary/aromatic N) is 2. The average molecular weight is 430 g/mol. The maximum Gasteiger partial charge on any atom is 0.252 e. The monoisotopic (exact) mass is 429 g/mol. The third-order valence-electron chi connectivity index (χ3n) is 5.16. The van der Waals surface area contributed by atoms with Crippen molar-refractivity contribution in [1.82, 2.24) is 8.87 Å². The zero-order valence-corrected chi connectivity index (χ0v) is 17.4. The predicted octanol–water partition coefficient (Wildman–Crippen LogP) is 3.42. The summed E-state index contributed by atoms with van der Waals surface area (Å²) < 4.78 is 29.5. The van der Waals surface area contributed by atoms with Crippen molar-refractivity contribution >= 4 is 27.5 Å². The molecule has 2 N–H and O–H groups in total. The number of nitrogens with two attached hydrogens (primary N) is 1. The number of primary amides is 1. The maximum atomic E-state index is 13.1. The highest BCUT2D eigenvalue weighted by Crippen LogP contribution is 2.38. The normalized spacial score (nSPS) is 14.6. The Hall–Kier alpha value is -2.61. The molecule has 150 valence electrons. The molecule has 0 spiro atoms. The van der Waals surface area contributed by atoms with Gasteiger partial charge in [0.15, 0.2) is 0 Å². The van der Waals surface area contributed by atoms with Gasteiger partial charge < -0.3 is 10.3 Å². The number of carbonyl (C=O) groups is 1. The molecule has 0 saturated carbocycles. The highest BCUT2D eigenvalue weighted by atomic mass is 35.5. The van der Waals surface area contributed by atoms with Crippen LogP contribution in [0.15, 0.2) is 59.5 Å². The summed E-state index contributed by atoms with van der Waals surface area (Å²) in [6, 6.07) is 16.2. The number of hydrogen-bond acceptors (Lipinski definition) is 3. The molecule has 1 aliphatic heterocycles.